The van der Waals surface area contributed by atoms with E-state index in [9.17, 15) is 15.3 Å². The number of benzene rings is 4. The molecule has 4 heteroatoms. The molecule has 0 radical (unpaired) electrons. The van der Waals surface area contributed by atoms with Gasteiger partial charge in [-0.15, -0.1) is 0 Å². The van der Waals surface area contributed by atoms with Gasteiger partial charge < -0.3 is 20.1 Å². The zero-order valence-electron chi connectivity index (χ0n) is 17.7. The van der Waals surface area contributed by atoms with Crippen LogP contribution in [0.3, 0.4) is 0 Å². The molecule has 0 fully saturated rings. The van der Waals surface area contributed by atoms with E-state index in [2.05, 4.69) is 6.07 Å². The molecule has 3 N–H and O–H groups in total. The molecule has 0 atom stereocenters. The molecular weight excluding hydrogens is 400 g/mol. The van der Waals surface area contributed by atoms with Crippen LogP contribution in [0.5, 0.6) is 28.7 Å². The molecule has 0 aromatic heterocycles. The van der Waals surface area contributed by atoms with E-state index in [-0.39, 0.29) is 17.2 Å². The second kappa shape index (κ2) is 9.92. The molecule has 0 amide bonds. The lowest BCUT2D eigenvalue weighted by atomic mass is 10.0. The van der Waals surface area contributed by atoms with Crippen LogP contribution < -0.4 is 4.74 Å². The second-order valence-corrected chi connectivity index (χ2v) is 7.88. The molecule has 4 aromatic rings. The Labute approximate surface area is 188 Å². The van der Waals surface area contributed by atoms with Gasteiger partial charge in [-0.2, -0.15) is 0 Å². The van der Waals surface area contributed by atoms with E-state index in [1.165, 1.54) is 0 Å². The molecule has 0 saturated carbocycles. The molecule has 0 spiro atoms. The lowest BCUT2D eigenvalue weighted by Gasteiger charge is -2.11. The summed E-state index contributed by atoms with van der Waals surface area (Å²) < 4.78 is 5.94. The number of ether oxygens (including phenoxy) is 1. The molecule has 4 nitrogen and oxygen atoms in total. The van der Waals surface area contributed by atoms with Gasteiger partial charge in [0.25, 0.3) is 0 Å². The number of rotatable bonds is 8. The molecule has 0 saturated heterocycles. The number of aryl methyl sites for hydroxylation is 4. The summed E-state index contributed by atoms with van der Waals surface area (Å²) in [4.78, 5) is 0. The van der Waals surface area contributed by atoms with Crippen LogP contribution in [-0.2, 0) is 25.7 Å². The quantitative estimate of drug-likeness (QED) is 0.315. The third-order valence-corrected chi connectivity index (χ3v) is 5.43. The Hall–Kier alpha value is -3.92. The van der Waals surface area contributed by atoms with Crippen LogP contribution in [0.25, 0.3) is 0 Å². The molecule has 0 unspecified atom stereocenters. The highest BCUT2D eigenvalue weighted by Crippen LogP contribution is 2.32. The predicted molar refractivity (Wildman–Crippen MR) is 126 cm³/mol. The maximum absolute atomic E-state index is 10.5. The van der Waals surface area contributed by atoms with E-state index in [4.69, 9.17) is 4.74 Å². The van der Waals surface area contributed by atoms with Crippen molar-refractivity contribution in [3.63, 3.8) is 0 Å². The molecule has 0 aliphatic heterocycles. The minimum Gasteiger partial charge on any atom is -0.508 e. The van der Waals surface area contributed by atoms with Crippen LogP contribution in [0.2, 0.25) is 0 Å². The van der Waals surface area contributed by atoms with Gasteiger partial charge in [0.2, 0.25) is 0 Å². The SMILES string of the molecule is Oc1ccc(CCc2cccc(Oc3ccc(CCc4ccc(O)cc4)cc3O)c2)cc1. The van der Waals surface area contributed by atoms with Crippen molar-refractivity contribution in [1.82, 2.24) is 0 Å². The molecule has 32 heavy (non-hydrogen) atoms. The first-order chi connectivity index (χ1) is 15.5. The van der Waals surface area contributed by atoms with E-state index < -0.39 is 0 Å². The van der Waals surface area contributed by atoms with Gasteiger partial charge in [-0.25, -0.2) is 0 Å². The summed E-state index contributed by atoms with van der Waals surface area (Å²) in [5.41, 5.74) is 4.45. The Bertz CT molecular complexity index is 1160. The zero-order valence-corrected chi connectivity index (χ0v) is 17.7. The van der Waals surface area contributed by atoms with E-state index in [0.717, 1.165) is 47.9 Å². The van der Waals surface area contributed by atoms with Crippen molar-refractivity contribution in [2.45, 2.75) is 25.7 Å². The van der Waals surface area contributed by atoms with Gasteiger partial charge in [-0.3, -0.25) is 0 Å². The number of hydrogen-bond acceptors (Lipinski definition) is 4. The highest BCUT2D eigenvalue weighted by atomic mass is 16.5. The Balaban J connectivity index is 1.36. The van der Waals surface area contributed by atoms with Crippen LogP contribution in [0, 0.1) is 0 Å². The molecule has 0 heterocycles. The van der Waals surface area contributed by atoms with Crippen molar-refractivity contribution in [1.29, 1.82) is 0 Å². The van der Waals surface area contributed by atoms with Crippen LogP contribution in [0.4, 0.5) is 0 Å². The monoisotopic (exact) mass is 426 g/mol. The maximum atomic E-state index is 10.5. The summed E-state index contributed by atoms with van der Waals surface area (Å²) >= 11 is 0. The number of phenolic OH excluding ortho intramolecular Hbond substituents is 3. The Morgan fingerprint density at radius 2 is 1.00 bits per heavy atom. The van der Waals surface area contributed by atoms with Crippen molar-refractivity contribution in [2.24, 2.45) is 0 Å². The van der Waals surface area contributed by atoms with Crippen LogP contribution in [-0.4, -0.2) is 15.3 Å². The van der Waals surface area contributed by atoms with Crippen molar-refractivity contribution in [2.75, 3.05) is 0 Å². The van der Waals surface area contributed by atoms with Crippen molar-refractivity contribution < 1.29 is 20.1 Å². The second-order valence-electron chi connectivity index (χ2n) is 7.88. The highest BCUT2D eigenvalue weighted by molar-refractivity contribution is 5.45. The Kier molecular flexibility index (Phi) is 6.61. The first-order valence-electron chi connectivity index (χ1n) is 10.7. The van der Waals surface area contributed by atoms with Gasteiger partial charge in [0.15, 0.2) is 11.5 Å². The minimum atomic E-state index is 0.114. The lowest BCUT2D eigenvalue weighted by molar-refractivity contribution is 0.410. The largest absolute Gasteiger partial charge is 0.508 e. The molecule has 4 aromatic carbocycles. The Morgan fingerprint density at radius 1 is 0.500 bits per heavy atom. The summed E-state index contributed by atoms with van der Waals surface area (Å²) in [6.45, 7) is 0. The highest BCUT2D eigenvalue weighted by Gasteiger charge is 2.07. The molecule has 0 aliphatic carbocycles. The van der Waals surface area contributed by atoms with Gasteiger partial charge in [-0.05, 0) is 96.5 Å². The normalized spacial score (nSPS) is 10.8. The summed E-state index contributed by atoms with van der Waals surface area (Å²) in [6, 6.07) is 27.8. The summed E-state index contributed by atoms with van der Waals surface area (Å²) in [5, 5.41) is 29.2. The smallest absolute Gasteiger partial charge is 0.169 e. The van der Waals surface area contributed by atoms with Crippen LogP contribution >= 0.6 is 0 Å². The summed E-state index contributed by atoms with van der Waals surface area (Å²) in [6.07, 6.45) is 3.32. The van der Waals surface area contributed by atoms with Crippen LogP contribution in [0.15, 0.2) is 91.0 Å². The minimum absolute atomic E-state index is 0.114. The standard InChI is InChI=1S/C28H26O4/c29-24-13-8-20(9-14-24)4-6-22-2-1-3-26(18-22)32-28-17-12-23(19-27(28)31)7-5-21-10-15-25(30)16-11-21/h1-3,8-19,29-31H,4-7H2. The maximum Gasteiger partial charge on any atom is 0.169 e. The number of phenols is 3. The van der Waals surface area contributed by atoms with E-state index in [1.807, 2.05) is 48.5 Å². The summed E-state index contributed by atoms with van der Waals surface area (Å²) in [7, 11) is 0. The fourth-order valence-corrected chi connectivity index (χ4v) is 3.60. The van der Waals surface area contributed by atoms with E-state index in [0.29, 0.717) is 11.5 Å². The van der Waals surface area contributed by atoms with E-state index in [1.54, 1.807) is 36.4 Å². The molecule has 4 rings (SSSR count). The predicted octanol–water partition coefficient (Wildman–Crippen LogP) is 6.17. The molecular formula is C28H26O4. The van der Waals surface area contributed by atoms with Crippen molar-refractivity contribution in [3.8, 4) is 28.7 Å². The van der Waals surface area contributed by atoms with Gasteiger partial charge in [0.1, 0.15) is 17.2 Å². The van der Waals surface area contributed by atoms with Crippen LogP contribution in [0.1, 0.15) is 22.3 Å². The third kappa shape index (κ3) is 5.82. The average Bonchev–Trinajstić information content (AvgIpc) is 2.80. The van der Waals surface area contributed by atoms with Crippen molar-refractivity contribution >= 4 is 0 Å². The third-order valence-electron chi connectivity index (χ3n) is 5.43. The molecule has 0 bridgehead atoms. The van der Waals surface area contributed by atoms with Gasteiger partial charge >= 0.3 is 0 Å². The first kappa shape index (κ1) is 21.3. The average molecular weight is 427 g/mol. The number of aromatic hydroxyl groups is 3. The fraction of sp³-hybridized carbons (Fsp3) is 0.143. The zero-order chi connectivity index (χ0) is 22.3. The van der Waals surface area contributed by atoms with Gasteiger partial charge in [0.05, 0.1) is 0 Å². The Morgan fingerprint density at radius 3 is 1.56 bits per heavy atom. The van der Waals surface area contributed by atoms with Gasteiger partial charge in [0, 0.05) is 0 Å². The van der Waals surface area contributed by atoms with E-state index >= 15 is 0 Å². The molecule has 162 valence electrons. The topological polar surface area (TPSA) is 69.9 Å². The van der Waals surface area contributed by atoms with Crippen molar-refractivity contribution in [3.05, 3.63) is 113 Å². The fourth-order valence-electron chi connectivity index (χ4n) is 3.60. The lowest BCUT2D eigenvalue weighted by Crippen LogP contribution is -1.94. The summed E-state index contributed by atoms with van der Waals surface area (Å²) in [5.74, 6) is 1.75. The number of hydrogen-bond donors (Lipinski definition) is 3. The molecule has 0 aliphatic rings. The van der Waals surface area contributed by atoms with Gasteiger partial charge in [-0.1, -0.05) is 42.5 Å². The first-order valence-corrected chi connectivity index (χ1v) is 10.7.